The number of nitrogens with zero attached hydrogens (tertiary/aromatic N) is 1. The van der Waals surface area contributed by atoms with Crippen molar-refractivity contribution < 1.29 is 5.11 Å². The first-order valence-electron chi connectivity index (χ1n) is 5.84. The molecule has 3 nitrogen and oxygen atoms in total. The van der Waals surface area contributed by atoms with Crippen LogP contribution in [0.3, 0.4) is 0 Å². The lowest BCUT2D eigenvalue weighted by Gasteiger charge is -2.26. The van der Waals surface area contributed by atoms with Crippen molar-refractivity contribution in [1.29, 1.82) is 0 Å². The molecule has 0 spiro atoms. The summed E-state index contributed by atoms with van der Waals surface area (Å²) in [7, 11) is 0. The summed E-state index contributed by atoms with van der Waals surface area (Å²) in [4.78, 5) is 2.49. The highest BCUT2D eigenvalue weighted by molar-refractivity contribution is 5.00. The molecule has 0 aromatic rings. The van der Waals surface area contributed by atoms with E-state index in [0.717, 1.165) is 32.0 Å². The van der Waals surface area contributed by atoms with Gasteiger partial charge in [-0.15, -0.1) is 0 Å². The van der Waals surface area contributed by atoms with E-state index in [4.69, 9.17) is 5.73 Å². The average molecular weight is 198 g/mol. The van der Waals surface area contributed by atoms with Crippen LogP contribution in [-0.4, -0.2) is 42.8 Å². The Kier molecular flexibility index (Phi) is 3.10. The Bertz CT molecular complexity index is 198. The number of hydrogen-bond acceptors (Lipinski definition) is 3. The molecule has 0 aromatic carbocycles. The van der Waals surface area contributed by atoms with Crippen LogP contribution in [-0.2, 0) is 0 Å². The van der Waals surface area contributed by atoms with Gasteiger partial charge in [0.15, 0.2) is 0 Å². The summed E-state index contributed by atoms with van der Waals surface area (Å²) in [6, 6.07) is 0. The third kappa shape index (κ3) is 1.69. The standard InChI is InChI=1S/C11H22N2O/c12-5-2-6-13-7-10-3-1-4-11(10,8-13)9-14/h10,14H,1-9,12H2/t10-,11+/m1/s1. The molecule has 0 amide bonds. The molecule has 3 N–H and O–H groups in total. The van der Waals surface area contributed by atoms with Gasteiger partial charge >= 0.3 is 0 Å². The Balaban J connectivity index is 1.91. The molecule has 2 rings (SSSR count). The lowest BCUT2D eigenvalue weighted by atomic mass is 9.82. The van der Waals surface area contributed by atoms with Gasteiger partial charge in [0.1, 0.15) is 0 Å². The van der Waals surface area contributed by atoms with Crippen LogP contribution in [0.4, 0.5) is 0 Å². The van der Waals surface area contributed by atoms with Gasteiger partial charge in [-0.2, -0.15) is 0 Å². The zero-order valence-corrected chi connectivity index (χ0v) is 8.91. The molecule has 82 valence electrons. The second-order valence-corrected chi connectivity index (χ2v) is 4.99. The van der Waals surface area contributed by atoms with Gasteiger partial charge in [0.25, 0.3) is 0 Å². The predicted octanol–water partition coefficient (Wildman–Crippen LogP) is 0.430. The zero-order valence-electron chi connectivity index (χ0n) is 8.91. The molecule has 0 radical (unpaired) electrons. The molecule has 14 heavy (non-hydrogen) atoms. The van der Waals surface area contributed by atoms with E-state index in [0.29, 0.717) is 6.61 Å². The second kappa shape index (κ2) is 4.17. The summed E-state index contributed by atoms with van der Waals surface area (Å²) in [6.07, 6.45) is 4.96. The maximum absolute atomic E-state index is 9.52. The fourth-order valence-electron chi connectivity index (χ4n) is 3.27. The van der Waals surface area contributed by atoms with Crippen molar-refractivity contribution in [2.75, 3.05) is 32.8 Å². The van der Waals surface area contributed by atoms with Crippen molar-refractivity contribution >= 4 is 0 Å². The summed E-state index contributed by atoms with van der Waals surface area (Å²) in [6.45, 7) is 4.59. The Morgan fingerprint density at radius 3 is 3.00 bits per heavy atom. The van der Waals surface area contributed by atoms with Gasteiger partial charge in [-0.25, -0.2) is 0 Å². The van der Waals surface area contributed by atoms with E-state index in [9.17, 15) is 5.11 Å². The van der Waals surface area contributed by atoms with Crippen molar-refractivity contribution in [2.45, 2.75) is 25.7 Å². The number of hydrogen-bond donors (Lipinski definition) is 2. The molecule has 2 aliphatic rings. The first kappa shape index (κ1) is 10.4. The third-order valence-corrected chi connectivity index (χ3v) is 4.10. The molecule has 2 fully saturated rings. The molecular weight excluding hydrogens is 176 g/mol. The molecule has 1 saturated carbocycles. The monoisotopic (exact) mass is 198 g/mol. The molecule has 0 aromatic heterocycles. The van der Waals surface area contributed by atoms with E-state index in [1.54, 1.807) is 0 Å². The van der Waals surface area contributed by atoms with Crippen molar-refractivity contribution in [1.82, 2.24) is 4.90 Å². The topological polar surface area (TPSA) is 49.5 Å². The van der Waals surface area contributed by atoms with Crippen LogP contribution >= 0.6 is 0 Å². The normalized spacial score (nSPS) is 37.7. The lowest BCUT2D eigenvalue weighted by molar-refractivity contribution is 0.112. The van der Waals surface area contributed by atoms with Crippen molar-refractivity contribution in [2.24, 2.45) is 17.1 Å². The van der Waals surface area contributed by atoms with Gasteiger partial charge in [0.05, 0.1) is 6.61 Å². The third-order valence-electron chi connectivity index (χ3n) is 4.10. The summed E-state index contributed by atoms with van der Waals surface area (Å²) in [5, 5.41) is 9.52. The maximum atomic E-state index is 9.52. The Hall–Kier alpha value is -0.120. The van der Waals surface area contributed by atoms with Gasteiger partial charge in [-0.05, 0) is 38.3 Å². The SMILES string of the molecule is NCCCN1C[C@H]2CCC[C@@]2(CO)C1. The van der Waals surface area contributed by atoms with Crippen molar-refractivity contribution in [3.8, 4) is 0 Å². The van der Waals surface area contributed by atoms with E-state index >= 15 is 0 Å². The van der Waals surface area contributed by atoms with Gasteiger partial charge < -0.3 is 15.7 Å². The number of aliphatic hydroxyl groups is 1. The Morgan fingerprint density at radius 2 is 2.36 bits per heavy atom. The van der Waals surface area contributed by atoms with E-state index in [2.05, 4.69) is 4.90 Å². The Morgan fingerprint density at radius 1 is 1.50 bits per heavy atom. The Labute approximate surface area is 86.3 Å². The van der Waals surface area contributed by atoms with Crippen LogP contribution in [0, 0.1) is 11.3 Å². The van der Waals surface area contributed by atoms with Gasteiger partial charge in [0, 0.05) is 18.5 Å². The fraction of sp³-hybridized carbons (Fsp3) is 1.00. The summed E-state index contributed by atoms with van der Waals surface area (Å²) in [5.41, 5.74) is 5.77. The first-order valence-corrected chi connectivity index (χ1v) is 5.84. The highest BCUT2D eigenvalue weighted by Crippen LogP contribution is 2.48. The smallest absolute Gasteiger partial charge is 0.0502 e. The van der Waals surface area contributed by atoms with Crippen LogP contribution in [0.1, 0.15) is 25.7 Å². The van der Waals surface area contributed by atoms with E-state index in [1.807, 2.05) is 0 Å². The summed E-state index contributed by atoms with van der Waals surface area (Å²) >= 11 is 0. The highest BCUT2D eigenvalue weighted by Gasteiger charge is 2.48. The van der Waals surface area contributed by atoms with Gasteiger partial charge in [-0.3, -0.25) is 0 Å². The fourth-order valence-corrected chi connectivity index (χ4v) is 3.27. The number of aliphatic hydroxyl groups excluding tert-OH is 1. The number of nitrogens with two attached hydrogens (primary N) is 1. The van der Waals surface area contributed by atoms with Crippen molar-refractivity contribution in [3.63, 3.8) is 0 Å². The second-order valence-electron chi connectivity index (χ2n) is 4.99. The summed E-state index contributed by atoms with van der Waals surface area (Å²) < 4.78 is 0. The average Bonchev–Trinajstić information content (AvgIpc) is 2.70. The minimum absolute atomic E-state index is 0.259. The van der Waals surface area contributed by atoms with Crippen LogP contribution in [0.25, 0.3) is 0 Å². The van der Waals surface area contributed by atoms with Gasteiger partial charge in [-0.1, -0.05) is 6.42 Å². The molecule has 1 saturated heterocycles. The zero-order chi connectivity index (χ0) is 10.0. The molecule has 1 heterocycles. The number of fused-ring (bicyclic) bond motifs is 1. The van der Waals surface area contributed by atoms with E-state index < -0.39 is 0 Å². The molecule has 1 aliphatic carbocycles. The predicted molar refractivity (Wildman–Crippen MR) is 57.0 cm³/mol. The van der Waals surface area contributed by atoms with Crippen LogP contribution in [0.5, 0.6) is 0 Å². The molecule has 0 unspecified atom stereocenters. The van der Waals surface area contributed by atoms with Crippen molar-refractivity contribution in [3.05, 3.63) is 0 Å². The van der Waals surface area contributed by atoms with Crippen LogP contribution in [0.2, 0.25) is 0 Å². The van der Waals surface area contributed by atoms with E-state index in [1.165, 1.54) is 25.8 Å². The largest absolute Gasteiger partial charge is 0.396 e. The lowest BCUT2D eigenvalue weighted by Crippen LogP contribution is -2.31. The highest BCUT2D eigenvalue weighted by atomic mass is 16.3. The summed E-state index contributed by atoms with van der Waals surface area (Å²) in [5.74, 6) is 0.755. The number of likely N-dealkylation sites (tertiary alicyclic amines) is 1. The van der Waals surface area contributed by atoms with Gasteiger partial charge in [0.2, 0.25) is 0 Å². The maximum Gasteiger partial charge on any atom is 0.0502 e. The molecule has 2 atom stereocenters. The minimum Gasteiger partial charge on any atom is -0.396 e. The van der Waals surface area contributed by atoms with Crippen LogP contribution in [0.15, 0.2) is 0 Å². The molecule has 0 bridgehead atoms. The number of rotatable bonds is 4. The minimum atomic E-state index is 0.259. The molecule has 1 aliphatic heterocycles. The van der Waals surface area contributed by atoms with E-state index in [-0.39, 0.29) is 5.41 Å². The first-order chi connectivity index (χ1) is 6.80. The molecular formula is C11H22N2O. The van der Waals surface area contributed by atoms with Crippen LogP contribution < -0.4 is 5.73 Å². The quantitative estimate of drug-likeness (QED) is 0.689. The molecule has 3 heteroatoms.